The SMILES string of the molecule is COc1ccc(S(=O)(=O)Nc2noc3ccccc23)c(C)c1. The number of methoxy groups -OCH3 is 1. The molecule has 3 aromatic rings. The van der Waals surface area contributed by atoms with Crippen molar-refractivity contribution in [1.82, 2.24) is 5.16 Å². The van der Waals surface area contributed by atoms with Crippen LogP contribution in [0.2, 0.25) is 0 Å². The third kappa shape index (κ3) is 2.50. The largest absolute Gasteiger partial charge is 0.497 e. The number of nitrogens with one attached hydrogen (secondary N) is 1. The van der Waals surface area contributed by atoms with Crippen molar-refractivity contribution in [3.63, 3.8) is 0 Å². The smallest absolute Gasteiger partial charge is 0.263 e. The Kier molecular flexibility index (Phi) is 3.50. The van der Waals surface area contributed by atoms with Crippen molar-refractivity contribution in [2.75, 3.05) is 11.8 Å². The average molecular weight is 318 g/mol. The number of hydrogen-bond acceptors (Lipinski definition) is 5. The van der Waals surface area contributed by atoms with Crippen molar-refractivity contribution in [2.45, 2.75) is 11.8 Å². The molecule has 1 aromatic heterocycles. The summed E-state index contributed by atoms with van der Waals surface area (Å²) in [7, 11) is -2.23. The van der Waals surface area contributed by atoms with Crippen molar-refractivity contribution in [3.05, 3.63) is 48.0 Å². The first kappa shape index (κ1) is 14.4. The van der Waals surface area contributed by atoms with Crippen molar-refractivity contribution >= 4 is 26.8 Å². The quantitative estimate of drug-likeness (QED) is 0.800. The van der Waals surface area contributed by atoms with Crippen LogP contribution >= 0.6 is 0 Å². The minimum atomic E-state index is -3.76. The Labute approximate surface area is 127 Å². The topological polar surface area (TPSA) is 81.4 Å². The number of hydrogen-bond donors (Lipinski definition) is 1. The van der Waals surface area contributed by atoms with Crippen LogP contribution in [0.5, 0.6) is 5.75 Å². The molecular weight excluding hydrogens is 304 g/mol. The van der Waals surface area contributed by atoms with E-state index in [0.717, 1.165) is 0 Å². The normalized spacial score (nSPS) is 11.5. The van der Waals surface area contributed by atoms with Crippen molar-refractivity contribution in [3.8, 4) is 5.75 Å². The molecule has 0 bridgehead atoms. The summed E-state index contributed by atoms with van der Waals surface area (Å²) in [6.45, 7) is 1.71. The van der Waals surface area contributed by atoms with E-state index in [1.165, 1.54) is 13.2 Å². The van der Waals surface area contributed by atoms with Gasteiger partial charge in [-0.25, -0.2) is 8.42 Å². The van der Waals surface area contributed by atoms with E-state index in [-0.39, 0.29) is 10.7 Å². The number of para-hydroxylation sites is 1. The van der Waals surface area contributed by atoms with Gasteiger partial charge < -0.3 is 9.26 Å². The molecule has 1 heterocycles. The molecular formula is C15H14N2O4S. The van der Waals surface area contributed by atoms with Gasteiger partial charge in [0.2, 0.25) is 0 Å². The van der Waals surface area contributed by atoms with Gasteiger partial charge in [-0.2, -0.15) is 0 Å². The number of anilines is 1. The second kappa shape index (κ2) is 5.34. The predicted molar refractivity (Wildman–Crippen MR) is 82.5 cm³/mol. The van der Waals surface area contributed by atoms with Crippen LogP contribution in [0.4, 0.5) is 5.82 Å². The molecule has 0 atom stereocenters. The zero-order chi connectivity index (χ0) is 15.7. The van der Waals surface area contributed by atoms with Crippen LogP contribution in [0.15, 0.2) is 51.9 Å². The van der Waals surface area contributed by atoms with Crippen LogP contribution in [0.1, 0.15) is 5.56 Å². The fourth-order valence-electron chi connectivity index (χ4n) is 2.19. The minimum absolute atomic E-state index is 0.167. The van der Waals surface area contributed by atoms with Crippen molar-refractivity contribution in [1.29, 1.82) is 0 Å². The fraction of sp³-hybridized carbons (Fsp3) is 0.133. The highest BCUT2D eigenvalue weighted by atomic mass is 32.2. The molecule has 114 valence electrons. The number of benzene rings is 2. The molecule has 0 spiro atoms. The van der Waals surface area contributed by atoms with E-state index in [2.05, 4.69) is 9.88 Å². The van der Waals surface area contributed by atoms with Crippen LogP contribution in [0, 0.1) is 6.92 Å². The lowest BCUT2D eigenvalue weighted by Crippen LogP contribution is -2.14. The first-order chi connectivity index (χ1) is 10.5. The lowest BCUT2D eigenvalue weighted by molar-refractivity contribution is 0.414. The number of fused-ring (bicyclic) bond motifs is 1. The van der Waals surface area contributed by atoms with Crippen LogP contribution in [-0.2, 0) is 10.0 Å². The van der Waals surface area contributed by atoms with Crippen LogP contribution in [0.25, 0.3) is 11.0 Å². The van der Waals surface area contributed by atoms with Crippen molar-refractivity contribution < 1.29 is 17.7 Å². The number of ether oxygens (including phenoxy) is 1. The average Bonchev–Trinajstić information content (AvgIpc) is 2.89. The Bertz CT molecular complexity index is 932. The Balaban J connectivity index is 2.00. The molecule has 0 aliphatic carbocycles. The molecule has 3 rings (SSSR count). The summed E-state index contributed by atoms with van der Waals surface area (Å²) in [6.07, 6.45) is 0. The highest BCUT2D eigenvalue weighted by Gasteiger charge is 2.20. The van der Waals surface area contributed by atoms with Gasteiger partial charge in [0.25, 0.3) is 10.0 Å². The van der Waals surface area contributed by atoms with E-state index < -0.39 is 10.0 Å². The highest BCUT2D eigenvalue weighted by molar-refractivity contribution is 7.92. The van der Waals surface area contributed by atoms with E-state index in [1.807, 2.05) is 0 Å². The third-order valence-electron chi connectivity index (χ3n) is 3.28. The summed E-state index contributed by atoms with van der Waals surface area (Å²) in [5, 5.41) is 4.39. The Morgan fingerprint density at radius 2 is 1.95 bits per heavy atom. The minimum Gasteiger partial charge on any atom is -0.497 e. The lowest BCUT2D eigenvalue weighted by Gasteiger charge is -2.09. The van der Waals surface area contributed by atoms with Crippen LogP contribution in [-0.4, -0.2) is 20.7 Å². The van der Waals surface area contributed by atoms with Crippen molar-refractivity contribution in [2.24, 2.45) is 0 Å². The molecule has 1 N–H and O–H groups in total. The molecule has 6 nitrogen and oxygen atoms in total. The zero-order valence-corrected chi connectivity index (χ0v) is 12.8. The maximum absolute atomic E-state index is 12.5. The molecule has 0 aliphatic heterocycles. The summed E-state index contributed by atoms with van der Waals surface area (Å²) in [6, 6.07) is 11.8. The van der Waals surface area contributed by atoms with E-state index in [0.29, 0.717) is 22.3 Å². The molecule has 2 aromatic carbocycles. The highest BCUT2D eigenvalue weighted by Crippen LogP contribution is 2.27. The van der Waals surface area contributed by atoms with Gasteiger partial charge in [-0.05, 0) is 42.8 Å². The summed E-state index contributed by atoms with van der Waals surface area (Å²) < 4.78 is 37.7. The molecule has 0 fully saturated rings. The summed E-state index contributed by atoms with van der Waals surface area (Å²) in [4.78, 5) is 0.167. The summed E-state index contributed by atoms with van der Waals surface area (Å²) in [5.74, 6) is 0.772. The van der Waals surface area contributed by atoms with Gasteiger partial charge >= 0.3 is 0 Å². The number of sulfonamides is 1. The van der Waals surface area contributed by atoms with Gasteiger partial charge in [0.1, 0.15) is 5.75 Å². The van der Waals surface area contributed by atoms with Crippen LogP contribution in [0.3, 0.4) is 0 Å². The van der Waals surface area contributed by atoms with Gasteiger partial charge in [0.15, 0.2) is 11.4 Å². The Hall–Kier alpha value is -2.54. The van der Waals surface area contributed by atoms with Gasteiger partial charge in [-0.1, -0.05) is 17.3 Å². The monoisotopic (exact) mass is 318 g/mol. The van der Waals surface area contributed by atoms with E-state index >= 15 is 0 Å². The van der Waals surface area contributed by atoms with Gasteiger partial charge in [-0.15, -0.1) is 0 Å². The zero-order valence-electron chi connectivity index (χ0n) is 12.0. The molecule has 7 heteroatoms. The number of rotatable bonds is 4. The standard InChI is InChI=1S/C15H14N2O4S/c1-10-9-11(20-2)7-8-14(10)22(18,19)17-15-12-5-3-4-6-13(12)21-16-15/h3-9H,1-2H3,(H,16,17). The second-order valence-electron chi connectivity index (χ2n) is 4.76. The summed E-state index contributed by atoms with van der Waals surface area (Å²) in [5.41, 5.74) is 1.10. The third-order valence-corrected chi connectivity index (χ3v) is 4.78. The number of aromatic nitrogens is 1. The van der Waals surface area contributed by atoms with Crippen LogP contribution < -0.4 is 9.46 Å². The molecule has 0 radical (unpaired) electrons. The molecule has 0 saturated heterocycles. The Morgan fingerprint density at radius 3 is 2.68 bits per heavy atom. The molecule has 0 aliphatic rings. The van der Waals surface area contributed by atoms with Gasteiger partial charge in [0.05, 0.1) is 17.4 Å². The first-order valence-electron chi connectivity index (χ1n) is 6.53. The molecule has 0 saturated carbocycles. The summed E-state index contributed by atoms with van der Waals surface area (Å²) >= 11 is 0. The molecule has 0 unspecified atom stereocenters. The van der Waals surface area contributed by atoms with E-state index in [4.69, 9.17) is 9.26 Å². The predicted octanol–water partition coefficient (Wildman–Crippen LogP) is 2.95. The second-order valence-corrected chi connectivity index (χ2v) is 6.42. The Morgan fingerprint density at radius 1 is 1.18 bits per heavy atom. The first-order valence-corrected chi connectivity index (χ1v) is 8.01. The maximum Gasteiger partial charge on any atom is 0.263 e. The molecule has 0 amide bonds. The van der Waals surface area contributed by atoms with Gasteiger partial charge in [-0.3, -0.25) is 4.72 Å². The maximum atomic E-state index is 12.5. The molecule has 22 heavy (non-hydrogen) atoms. The lowest BCUT2D eigenvalue weighted by atomic mass is 10.2. The van der Waals surface area contributed by atoms with E-state index in [9.17, 15) is 8.42 Å². The van der Waals surface area contributed by atoms with E-state index in [1.54, 1.807) is 43.3 Å². The number of nitrogens with zero attached hydrogens (tertiary/aromatic N) is 1. The van der Waals surface area contributed by atoms with Gasteiger partial charge in [0, 0.05) is 0 Å². The fourth-order valence-corrected chi connectivity index (χ4v) is 3.43. The number of aryl methyl sites for hydroxylation is 1.